The van der Waals surface area contributed by atoms with E-state index >= 15 is 0 Å². The Bertz CT molecular complexity index is 386. The summed E-state index contributed by atoms with van der Waals surface area (Å²) < 4.78 is 24.6. The largest absolute Gasteiger partial charge is 0.365 e. The van der Waals surface area contributed by atoms with E-state index in [1.165, 1.54) is 0 Å². The lowest BCUT2D eigenvalue weighted by Crippen LogP contribution is -2.14. The van der Waals surface area contributed by atoms with Crippen molar-refractivity contribution in [1.29, 1.82) is 0 Å². The van der Waals surface area contributed by atoms with E-state index < -0.39 is 17.9 Å². The fourth-order valence-electron chi connectivity index (χ4n) is 0.844. The van der Waals surface area contributed by atoms with Crippen molar-refractivity contribution in [2.24, 2.45) is 5.73 Å². The number of hydrogen-bond acceptors (Lipinski definition) is 2. The van der Waals surface area contributed by atoms with E-state index in [9.17, 15) is 13.6 Å². The van der Waals surface area contributed by atoms with Gasteiger partial charge < -0.3 is 5.73 Å². The van der Waals surface area contributed by atoms with E-state index in [4.69, 9.17) is 17.3 Å². The number of hydrogen-bond donors (Lipinski definition) is 1. The Labute approximate surface area is 91.4 Å². The molecule has 1 rings (SSSR count). The van der Waals surface area contributed by atoms with Crippen molar-refractivity contribution >= 4 is 33.4 Å². The normalized spacial score (nSPS) is 10.6. The van der Waals surface area contributed by atoms with Crippen molar-refractivity contribution < 1.29 is 13.6 Å². The van der Waals surface area contributed by atoms with Gasteiger partial charge >= 0.3 is 0 Å². The third kappa shape index (κ3) is 2.01. The maximum atomic E-state index is 12.3. The van der Waals surface area contributed by atoms with Crippen LogP contribution in [0, 0.1) is 0 Å². The van der Waals surface area contributed by atoms with Crippen molar-refractivity contribution in [3.8, 4) is 0 Å². The Morgan fingerprint density at radius 3 is 2.64 bits per heavy atom. The minimum atomic E-state index is -2.74. The van der Waals surface area contributed by atoms with Gasteiger partial charge in [-0.2, -0.15) is 0 Å². The van der Waals surface area contributed by atoms with Crippen molar-refractivity contribution in [2.45, 2.75) is 6.43 Å². The molecule has 0 fully saturated rings. The molecule has 0 aromatic carbocycles. The van der Waals surface area contributed by atoms with Gasteiger partial charge in [-0.05, 0) is 15.9 Å². The number of aromatic nitrogens is 1. The molecule has 0 aliphatic rings. The summed E-state index contributed by atoms with van der Waals surface area (Å²) in [6.45, 7) is 0. The van der Waals surface area contributed by atoms with Gasteiger partial charge in [-0.1, -0.05) is 11.6 Å². The smallest absolute Gasteiger partial charge is 0.266 e. The summed E-state index contributed by atoms with van der Waals surface area (Å²) >= 11 is 8.34. The van der Waals surface area contributed by atoms with E-state index in [2.05, 4.69) is 20.9 Å². The topological polar surface area (TPSA) is 56.0 Å². The summed E-state index contributed by atoms with van der Waals surface area (Å²) in [5, 5.41) is -0.200. The Kier molecular flexibility index (Phi) is 3.38. The van der Waals surface area contributed by atoms with Crippen LogP contribution in [0.5, 0.6) is 0 Å². The molecule has 0 spiro atoms. The van der Waals surface area contributed by atoms with Gasteiger partial charge in [0.2, 0.25) is 0 Å². The molecule has 2 N–H and O–H groups in total. The van der Waals surface area contributed by atoms with Crippen molar-refractivity contribution in [3.63, 3.8) is 0 Å². The Morgan fingerprint density at radius 2 is 2.21 bits per heavy atom. The molecule has 0 atom stereocenters. The van der Waals surface area contributed by atoms with Crippen LogP contribution in [0.3, 0.4) is 0 Å². The Morgan fingerprint density at radius 1 is 1.64 bits per heavy atom. The number of alkyl halides is 2. The molecule has 76 valence electrons. The monoisotopic (exact) mass is 284 g/mol. The van der Waals surface area contributed by atoms with Crippen molar-refractivity contribution in [2.75, 3.05) is 0 Å². The minimum Gasteiger partial charge on any atom is -0.365 e. The van der Waals surface area contributed by atoms with Crippen LogP contribution in [-0.2, 0) is 0 Å². The lowest BCUT2D eigenvalue weighted by molar-refractivity contribution is 0.0998. The Balaban J connectivity index is 3.41. The molecule has 3 nitrogen and oxygen atoms in total. The molecule has 0 unspecified atom stereocenters. The second kappa shape index (κ2) is 4.18. The van der Waals surface area contributed by atoms with Crippen LogP contribution in [0.25, 0.3) is 0 Å². The molecule has 0 aliphatic carbocycles. The zero-order chi connectivity index (χ0) is 10.9. The van der Waals surface area contributed by atoms with Gasteiger partial charge in [0.25, 0.3) is 12.3 Å². The summed E-state index contributed by atoms with van der Waals surface area (Å²) in [5.74, 6) is -0.906. The summed E-state index contributed by atoms with van der Waals surface area (Å²) in [4.78, 5) is 14.3. The Hall–Kier alpha value is -0.750. The molecule has 1 heterocycles. The molecule has 0 saturated heterocycles. The highest BCUT2D eigenvalue weighted by molar-refractivity contribution is 9.10. The van der Waals surface area contributed by atoms with E-state index in [0.29, 0.717) is 0 Å². The molecule has 0 radical (unpaired) electrons. The van der Waals surface area contributed by atoms with Gasteiger partial charge in [0.15, 0.2) is 0 Å². The molecule has 7 heteroatoms. The number of nitrogens with two attached hydrogens (primary N) is 1. The molecule has 1 aromatic heterocycles. The fourth-order valence-corrected chi connectivity index (χ4v) is 1.85. The minimum absolute atomic E-state index is 0.111. The number of nitrogens with zero attached hydrogens (tertiary/aromatic N) is 1. The molecule has 1 aromatic rings. The van der Waals surface area contributed by atoms with Gasteiger partial charge in [-0.3, -0.25) is 4.79 Å². The maximum absolute atomic E-state index is 12.3. The summed E-state index contributed by atoms with van der Waals surface area (Å²) in [7, 11) is 0. The standard InChI is InChI=1S/C7H4BrClF2N2O/c8-4-2(6(10)11)1-13-5(9)3(4)7(12)14/h1,6H,(H2,12,14). The first-order chi connectivity index (χ1) is 6.45. The number of carbonyl (C=O) groups excluding carboxylic acids is 1. The highest BCUT2D eigenvalue weighted by Gasteiger charge is 2.20. The van der Waals surface area contributed by atoms with Crippen LogP contribution in [-0.4, -0.2) is 10.9 Å². The quantitative estimate of drug-likeness (QED) is 0.849. The molecule has 1 amide bonds. The predicted octanol–water partition coefficient (Wildman–Crippen LogP) is 2.53. The zero-order valence-corrected chi connectivity index (χ0v) is 8.94. The van der Waals surface area contributed by atoms with E-state index in [1.807, 2.05) is 0 Å². The number of carbonyl (C=O) groups is 1. The van der Waals surface area contributed by atoms with Crippen LogP contribution in [0.1, 0.15) is 22.3 Å². The van der Waals surface area contributed by atoms with Gasteiger partial charge in [0.05, 0.1) is 11.1 Å². The molecular formula is C7H4BrClF2N2O. The molecule has 14 heavy (non-hydrogen) atoms. The third-order valence-corrected chi connectivity index (χ3v) is 2.62. The highest BCUT2D eigenvalue weighted by Crippen LogP contribution is 2.32. The maximum Gasteiger partial charge on any atom is 0.266 e. The van der Waals surface area contributed by atoms with Gasteiger partial charge in [-0.25, -0.2) is 13.8 Å². The van der Waals surface area contributed by atoms with Crippen LogP contribution in [0.2, 0.25) is 5.15 Å². The first-order valence-corrected chi connectivity index (χ1v) is 4.54. The number of rotatable bonds is 2. The van der Waals surface area contributed by atoms with Crippen molar-refractivity contribution in [3.05, 3.63) is 26.9 Å². The average Bonchev–Trinajstić information content (AvgIpc) is 2.02. The highest BCUT2D eigenvalue weighted by atomic mass is 79.9. The number of pyridine rings is 1. The van der Waals surface area contributed by atoms with Crippen LogP contribution in [0.4, 0.5) is 8.78 Å². The fraction of sp³-hybridized carbons (Fsp3) is 0.143. The predicted molar refractivity (Wildman–Crippen MR) is 50.4 cm³/mol. The average molecular weight is 285 g/mol. The molecule has 0 bridgehead atoms. The molecule has 0 saturated carbocycles. The van der Waals surface area contributed by atoms with Gasteiger partial charge in [0, 0.05) is 10.7 Å². The first kappa shape index (κ1) is 11.3. The summed E-state index contributed by atoms with van der Waals surface area (Å²) in [5.41, 5.74) is 4.30. The van der Waals surface area contributed by atoms with E-state index in [0.717, 1.165) is 6.20 Å². The molecular weight excluding hydrogens is 281 g/mol. The third-order valence-electron chi connectivity index (χ3n) is 1.48. The number of halogens is 4. The van der Waals surface area contributed by atoms with Crippen molar-refractivity contribution in [1.82, 2.24) is 4.98 Å². The number of amides is 1. The SMILES string of the molecule is NC(=O)c1c(Cl)ncc(C(F)F)c1Br. The number of primary amides is 1. The van der Waals surface area contributed by atoms with Gasteiger partial charge in [0.1, 0.15) is 5.15 Å². The lowest BCUT2D eigenvalue weighted by atomic mass is 10.2. The lowest BCUT2D eigenvalue weighted by Gasteiger charge is -2.07. The molecule has 0 aliphatic heterocycles. The second-order valence-electron chi connectivity index (χ2n) is 2.36. The first-order valence-electron chi connectivity index (χ1n) is 3.37. The summed E-state index contributed by atoms with van der Waals surface area (Å²) in [6, 6.07) is 0. The van der Waals surface area contributed by atoms with E-state index in [1.54, 1.807) is 0 Å². The zero-order valence-electron chi connectivity index (χ0n) is 6.60. The van der Waals surface area contributed by atoms with Gasteiger partial charge in [-0.15, -0.1) is 0 Å². The second-order valence-corrected chi connectivity index (χ2v) is 3.51. The summed E-state index contributed by atoms with van der Waals surface area (Å²) in [6.07, 6.45) is -1.85. The van der Waals surface area contributed by atoms with E-state index in [-0.39, 0.29) is 15.2 Å². The van der Waals surface area contributed by atoms with Crippen LogP contribution >= 0.6 is 27.5 Å². The van der Waals surface area contributed by atoms with Crippen LogP contribution in [0.15, 0.2) is 10.7 Å². The van der Waals surface area contributed by atoms with Crippen LogP contribution < -0.4 is 5.73 Å².